The molecule has 4 nitrogen and oxygen atoms in total. The molecule has 162 valence electrons. The largest absolute Gasteiger partial charge is 0.416 e. The van der Waals surface area contributed by atoms with Crippen molar-refractivity contribution in [1.82, 2.24) is 9.55 Å². The zero-order valence-corrected chi connectivity index (χ0v) is 18.3. The van der Waals surface area contributed by atoms with Gasteiger partial charge in [0.2, 0.25) is 5.95 Å². The summed E-state index contributed by atoms with van der Waals surface area (Å²) in [5.41, 5.74) is 0.103. The van der Waals surface area contributed by atoms with Crippen LogP contribution in [0, 0.1) is 0 Å². The van der Waals surface area contributed by atoms with Crippen LogP contribution in [0.2, 0.25) is 10.0 Å². The predicted molar refractivity (Wildman–Crippen MR) is 119 cm³/mol. The Morgan fingerprint density at radius 1 is 1.06 bits per heavy atom. The van der Waals surface area contributed by atoms with E-state index in [4.69, 9.17) is 23.2 Å². The fourth-order valence-corrected chi connectivity index (χ4v) is 5.33. The molecule has 1 atom stereocenters. The van der Waals surface area contributed by atoms with Crippen molar-refractivity contribution in [3.63, 3.8) is 0 Å². The second-order valence-corrected chi connectivity index (χ2v) is 9.09. The standard InChI is InChI=1S/C21H16Cl2F3N3OS/c22-14-3-6-16(17(23)11-14)18-12-28(9-10-31-18)20-27-8-7-19(30)29(20)15-4-1-13(2-5-15)21(24,25)26/h1-8,11,18H,9-10,12H2. The molecule has 1 unspecified atom stereocenters. The quantitative estimate of drug-likeness (QED) is 0.466. The highest BCUT2D eigenvalue weighted by molar-refractivity contribution is 7.99. The van der Waals surface area contributed by atoms with Crippen molar-refractivity contribution < 1.29 is 13.2 Å². The normalized spacial score (nSPS) is 17.1. The van der Waals surface area contributed by atoms with E-state index in [0.29, 0.717) is 34.8 Å². The molecule has 0 amide bonds. The number of anilines is 1. The van der Waals surface area contributed by atoms with Crippen LogP contribution in [0.1, 0.15) is 16.4 Å². The Balaban J connectivity index is 1.69. The minimum absolute atomic E-state index is 0.0247. The van der Waals surface area contributed by atoms with E-state index in [1.807, 2.05) is 11.0 Å². The summed E-state index contributed by atoms with van der Waals surface area (Å²) >= 11 is 14.1. The number of hydrogen-bond acceptors (Lipinski definition) is 4. The fraction of sp³-hybridized carbons (Fsp3) is 0.238. The van der Waals surface area contributed by atoms with E-state index >= 15 is 0 Å². The van der Waals surface area contributed by atoms with Crippen LogP contribution in [-0.4, -0.2) is 28.4 Å². The minimum atomic E-state index is -4.45. The molecule has 1 aliphatic heterocycles. The molecule has 2 heterocycles. The molecular formula is C21H16Cl2F3N3OS. The second kappa shape index (κ2) is 8.76. The number of thioether (sulfide) groups is 1. The summed E-state index contributed by atoms with van der Waals surface area (Å²) in [4.78, 5) is 19.0. The Morgan fingerprint density at radius 2 is 1.81 bits per heavy atom. The number of halogens is 5. The fourth-order valence-electron chi connectivity index (χ4n) is 3.45. The number of aromatic nitrogens is 2. The van der Waals surface area contributed by atoms with E-state index in [2.05, 4.69) is 4.98 Å². The van der Waals surface area contributed by atoms with Gasteiger partial charge in [0, 0.05) is 46.4 Å². The van der Waals surface area contributed by atoms with Crippen LogP contribution >= 0.6 is 35.0 Å². The molecule has 0 bridgehead atoms. The lowest BCUT2D eigenvalue weighted by atomic mass is 10.1. The van der Waals surface area contributed by atoms with Gasteiger partial charge in [0.1, 0.15) is 0 Å². The molecular weight excluding hydrogens is 470 g/mol. The van der Waals surface area contributed by atoms with Crippen LogP contribution < -0.4 is 10.5 Å². The lowest BCUT2D eigenvalue weighted by Crippen LogP contribution is -2.38. The van der Waals surface area contributed by atoms with Gasteiger partial charge in [-0.25, -0.2) is 9.55 Å². The lowest BCUT2D eigenvalue weighted by molar-refractivity contribution is -0.137. The highest BCUT2D eigenvalue weighted by Gasteiger charge is 2.30. The van der Waals surface area contributed by atoms with Gasteiger partial charge in [0.15, 0.2) is 0 Å². The number of nitrogens with zero attached hydrogens (tertiary/aromatic N) is 3. The van der Waals surface area contributed by atoms with Gasteiger partial charge < -0.3 is 4.90 Å². The van der Waals surface area contributed by atoms with E-state index in [9.17, 15) is 18.0 Å². The zero-order valence-electron chi connectivity index (χ0n) is 15.9. The van der Waals surface area contributed by atoms with Crippen LogP contribution in [0.3, 0.4) is 0 Å². The van der Waals surface area contributed by atoms with E-state index in [1.165, 1.54) is 29.0 Å². The van der Waals surface area contributed by atoms with Crippen LogP contribution in [0.5, 0.6) is 0 Å². The van der Waals surface area contributed by atoms with E-state index in [1.54, 1.807) is 23.9 Å². The average Bonchev–Trinajstić information content (AvgIpc) is 2.73. The number of benzene rings is 2. The molecule has 1 saturated heterocycles. The summed E-state index contributed by atoms with van der Waals surface area (Å²) in [6, 6.07) is 11.1. The van der Waals surface area contributed by atoms with Gasteiger partial charge in [-0.3, -0.25) is 4.79 Å². The van der Waals surface area contributed by atoms with Crippen molar-refractivity contribution in [2.75, 3.05) is 23.7 Å². The first-order valence-electron chi connectivity index (χ1n) is 9.31. The van der Waals surface area contributed by atoms with E-state index in [0.717, 1.165) is 23.4 Å². The molecule has 10 heteroatoms. The van der Waals surface area contributed by atoms with Gasteiger partial charge in [-0.05, 0) is 42.0 Å². The molecule has 1 aliphatic rings. The Morgan fingerprint density at radius 3 is 2.48 bits per heavy atom. The summed E-state index contributed by atoms with van der Waals surface area (Å²) < 4.78 is 40.1. The van der Waals surface area contributed by atoms with Crippen molar-refractivity contribution in [1.29, 1.82) is 0 Å². The molecule has 0 N–H and O–H groups in total. The zero-order chi connectivity index (χ0) is 22.2. The molecule has 0 spiro atoms. The van der Waals surface area contributed by atoms with Crippen LogP contribution in [-0.2, 0) is 6.18 Å². The first-order valence-corrected chi connectivity index (χ1v) is 11.1. The maximum atomic E-state index is 12.9. The Kier molecular flexibility index (Phi) is 6.23. The number of hydrogen-bond donors (Lipinski definition) is 0. The van der Waals surface area contributed by atoms with Gasteiger partial charge in [-0.1, -0.05) is 29.3 Å². The summed E-state index contributed by atoms with van der Waals surface area (Å²) in [6.07, 6.45) is -3.04. The SMILES string of the molecule is O=c1ccnc(N2CCSC(c3ccc(Cl)cc3Cl)C2)n1-c1ccc(C(F)(F)F)cc1. The van der Waals surface area contributed by atoms with Crippen LogP contribution in [0.4, 0.5) is 19.1 Å². The first kappa shape index (κ1) is 22.0. The summed E-state index contributed by atoms with van der Waals surface area (Å²) in [7, 11) is 0. The number of alkyl halides is 3. The van der Waals surface area contributed by atoms with Gasteiger partial charge >= 0.3 is 6.18 Å². The molecule has 3 aromatic rings. The molecule has 2 aromatic carbocycles. The predicted octanol–water partition coefficient (Wildman–Crippen LogP) is 5.85. The van der Waals surface area contributed by atoms with E-state index in [-0.39, 0.29) is 10.8 Å². The average molecular weight is 486 g/mol. The lowest BCUT2D eigenvalue weighted by Gasteiger charge is -2.34. The topological polar surface area (TPSA) is 38.1 Å². The van der Waals surface area contributed by atoms with Crippen molar-refractivity contribution in [3.8, 4) is 5.69 Å². The molecule has 0 radical (unpaired) electrons. The van der Waals surface area contributed by atoms with Crippen LogP contribution in [0.15, 0.2) is 59.5 Å². The van der Waals surface area contributed by atoms with Gasteiger partial charge in [0.25, 0.3) is 5.56 Å². The Bertz CT molecular complexity index is 1150. The van der Waals surface area contributed by atoms with Crippen molar-refractivity contribution in [2.45, 2.75) is 11.4 Å². The van der Waals surface area contributed by atoms with Crippen molar-refractivity contribution in [2.24, 2.45) is 0 Å². The molecule has 0 saturated carbocycles. The smallest absolute Gasteiger partial charge is 0.340 e. The molecule has 4 rings (SSSR count). The second-order valence-electron chi connectivity index (χ2n) is 6.93. The molecule has 31 heavy (non-hydrogen) atoms. The first-order chi connectivity index (χ1) is 14.7. The van der Waals surface area contributed by atoms with Gasteiger partial charge in [0.05, 0.1) is 11.3 Å². The van der Waals surface area contributed by atoms with Crippen LogP contribution in [0.25, 0.3) is 5.69 Å². The molecule has 0 aliphatic carbocycles. The third kappa shape index (κ3) is 4.71. The molecule has 1 fully saturated rings. The summed E-state index contributed by atoms with van der Waals surface area (Å²) in [5, 5.41) is 1.14. The van der Waals surface area contributed by atoms with Crippen molar-refractivity contribution in [3.05, 3.63) is 86.3 Å². The monoisotopic (exact) mass is 485 g/mol. The maximum absolute atomic E-state index is 12.9. The Labute approximate surface area is 190 Å². The highest BCUT2D eigenvalue weighted by Crippen LogP contribution is 2.39. The maximum Gasteiger partial charge on any atom is 0.416 e. The summed E-state index contributed by atoms with van der Waals surface area (Å²) in [5.74, 6) is 1.14. The highest BCUT2D eigenvalue weighted by atomic mass is 35.5. The summed E-state index contributed by atoms with van der Waals surface area (Å²) in [6.45, 7) is 1.16. The Hall–Kier alpha value is -2.16. The third-order valence-corrected chi connectivity index (χ3v) is 6.73. The minimum Gasteiger partial charge on any atom is -0.340 e. The van der Waals surface area contributed by atoms with Gasteiger partial charge in [-0.15, -0.1) is 0 Å². The van der Waals surface area contributed by atoms with Gasteiger partial charge in [-0.2, -0.15) is 24.9 Å². The van der Waals surface area contributed by atoms with E-state index < -0.39 is 11.7 Å². The number of rotatable bonds is 3. The third-order valence-electron chi connectivity index (χ3n) is 4.94. The molecule has 1 aromatic heterocycles. The van der Waals surface area contributed by atoms with Crippen molar-refractivity contribution >= 4 is 40.9 Å².